The van der Waals surface area contributed by atoms with Crippen molar-refractivity contribution in [2.24, 2.45) is 0 Å². The Kier molecular flexibility index (Phi) is 4.81. The highest BCUT2D eigenvalue weighted by Crippen LogP contribution is 2.42. The standard InChI is InChI=1S/C18H17F2N3O6/c19-18(20)14(25)11(8-24)29-16(18)23-6-4-12(22-17(23)27)21-15(26)10-3-1-2-9-5-7-28-13(9)10/h1-4,6,11,14,16,24-25H,5,7-8H2,(H,21,22,26,27)/t11-,14-,16?/m1/s1. The number of carbonyl (C=O) groups excluding carboxylic acids is 1. The van der Waals surface area contributed by atoms with Crippen molar-refractivity contribution in [1.29, 1.82) is 0 Å². The van der Waals surface area contributed by atoms with Crippen molar-refractivity contribution in [2.75, 3.05) is 18.5 Å². The molecule has 1 fully saturated rings. The molecule has 4 rings (SSSR count). The van der Waals surface area contributed by atoms with E-state index in [0.717, 1.165) is 17.8 Å². The Bertz CT molecular complexity index is 1010. The molecule has 2 aromatic rings. The number of benzene rings is 1. The van der Waals surface area contributed by atoms with Gasteiger partial charge < -0.3 is 25.0 Å². The number of nitrogens with zero attached hydrogens (tertiary/aromatic N) is 2. The largest absolute Gasteiger partial charge is 0.492 e. The number of halogens is 2. The number of hydrogen-bond acceptors (Lipinski definition) is 7. The maximum absolute atomic E-state index is 14.2. The molecule has 1 amide bonds. The minimum atomic E-state index is -3.81. The highest BCUT2D eigenvalue weighted by molar-refractivity contribution is 6.06. The Balaban J connectivity index is 1.56. The van der Waals surface area contributed by atoms with Gasteiger partial charge >= 0.3 is 11.6 Å². The number of nitrogens with one attached hydrogen (secondary N) is 1. The molecule has 1 aromatic carbocycles. The van der Waals surface area contributed by atoms with Crippen LogP contribution >= 0.6 is 0 Å². The second-order valence-corrected chi connectivity index (χ2v) is 6.68. The monoisotopic (exact) mass is 409 g/mol. The molecular weight excluding hydrogens is 392 g/mol. The van der Waals surface area contributed by atoms with Gasteiger partial charge in [0.25, 0.3) is 5.91 Å². The van der Waals surface area contributed by atoms with Crippen molar-refractivity contribution in [3.8, 4) is 5.75 Å². The molecule has 3 N–H and O–H groups in total. The topological polar surface area (TPSA) is 123 Å². The van der Waals surface area contributed by atoms with Crippen molar-refractivity contribution in [1.82, 2.24) is 9.55 Å². The smallest absolute Gasteiger partial charge is 0.351 e. The summed E-state index contributed by atoms with van der Waals surface area (Å²) in [6.07, 6.45) is -4.29. The lowest BCUT2D eigenvalue weighted by molar-refractivity contribution is -0.140. The Morgan fingerprint density at radius 2 is 2.17 bits per heavy atom. The maximum atomic E-state index is 14.2. The van der Waals surface area contributed by atoms with Crippen molar-refractivity contribution in [3.63, 3.8) is 0 Å². The molecule has 2 aliphatic heterocycles. The van der Waals surface area contributed by atoms with Crippen LogP contribution in [0.1, 0.15) is 22.1 Å². The number of aromatic nitrogens is 2. The number of alkyl halides is 2. The van der Waals surface area contributed by atoms with Gasteiger partial charge in [-0.1, -0.05) is 12.1 Å². The average Bonchev–Trinajstić information content (AvgIpc) is 3.25. The Hall–Kier alpha value is -2.89. The normalized spacial score (nSPS) is 24.8. The molecule has 154 valence electrons. The van der Waals surface area contributed by atoms with Gasteiger partial charge in [0.05, 0.1) is 18.8 Å². The van der Waals surface area contributed by atoms with E-state index in [0.29, 0.717) is 23.3 Å². The molecule has 1 aromatic heterocycles. The summed E-state index contributed by atoms with van der Waals surface area (Å²) in [4.78, 5) is 28.3. The second-order valence-electron chi connectivity index (χ2n) is 6.68. The fraction of sp³-hybridized carbons (Fsp3) is 0.389. The second kappa shape index (κ2) is 7.17. The first-order valence-corrected chi connectivity index (χ1v) is 8.80. The summed E-state index contributed by atoms with van der Waals surface area (Å²) < 4.78 is 39.3. The molecule has 0 spiro atoms. The maximum Gasteiger partial charge on any atom is 0.351 e. The summed E-state index contributed by atoms with van der Waals surface area (Å²) in [7, 11) is 0. The van der Waals surface area contributed by atoms with Gasteiger partial charge in [0, 0.05) is 12.6 Å². The minimum Gasteiger partial charge on any atom is -0.492 e. The molecule has 0 bridgehead atoms. The number of rotatable bonds is 4. The average molecular weight is 409 g/mol. The number of aliphatic hydroxyl groups is 2. The zero-order valence-corrected chi connectivity index (χ0v) is 14.9. The first-order valence-electron chi connectivity index (χ1n) is 8.80. The van der Waals surface area contributed by atoms with Crippen LogP contribution in [0.3, 0.4) is 0 Å². The quantitative estimate of drug-likeness (QED) is 0.665. The predicted octanol–water partition coefficient (Wildman–Crippen LogP) is 0.316. The highest BCUT2D eigenvalue weighted by Gasteiger charge is 2.59. The summed E-state index contributed by atoms with van der Waals surface area (Å²) in [5, 5.41) is 21.1. The van der Waals surface area contributed by atoms with E-state index in [1.165, 1.54) is 0 Å². The summed E-state index contributed by atoms with van der Waals surface area (Å²) in [6.45, 7) is -0.378. The van der Waals surface area contributed by atoms with Crippen molar-refractivity contribution in [2.45, 2.75) is 30.8 Å². The molecule has 3 heterocycles. The first-order chi connectivity index (χ1) is 13.8. The van der Waals surface area contributed by atoms with E-state index in [9.17, 15) is 23.5 Å². The molecule has 1 saturated heterocycles. The van der Waals surface area contributed by atoms with E-state index in [1.54, 1.807) is 12.1 Å². The zero-order chi connectivity index (χ0) is 20.8. The van der Waals surface area contributed by atoms with E-state index >= 15 is 0 Å². The van der Waals surface area contributed by atoms with Gasteiger partial charge in [-0.15, -0.1) is 0 Å². The molecule has 2 aliphatic rings. The number of para-hydroxylation sites is 1. The summed E-state index contributed by atoms with van der Waals surface area (Å²) in [5.41, 5.74) is 0.0389. The minimum absolute atomic E-state index is 0.146. The van der Waals surface area contributed by atoms with Crippen LogP contribution in [0.4, 0.5) is 14.6 Å². The van der Waals surface area contributed by atoms with Crippen LogP contribution in [-0.4, -0.2) is 57.0 Å². The van der Waals surface area contributed by atoms with Crippen LogP contribution in [0.15, 0.2) is 35.3 Å². The van der Waals surface area contributed by atoms with Crippen LogP contribution in [0.5, 0.6) is 5.75 Å². The van der Waals surface area contributed by atoms with Gasteiger partial charge in [-0.2, -0.15) is 13.8 Å². The number of anilines is 1. The molecule has 0 radical (unpaired) electrons. The third-order valence-corrected chi connectivity index (χ3v) is 4.84. The van der Waals surface area contributed by atoms with Gasteiger partial charge in [-0.05, 0) is 17.7 Å². The van der Waals surface area contributed by atoms with Gasteiger partial charge in [0.2, 0.25) is 6.23 Å². The molecule has 11 heteroatoms. The van der Waals surface area contributed by atoms with Crippen LogP contribution in [0, 0.1) is 0 Å². The number of hydrogen-bond donors (Lipinski definition) is 3. The van der Waals surface area contributed by atoms with Gasteiger partial charge in [0.1, 0.15) is 17.7 Å². The zero-order valence-electron chi connectivity index (χ0n) is 14.9. The van der Waals surface area contributed by atoms with Crippen LogP contribution < -0.4 is 15.7 Å². The van der Waals surface area contributed by atoms with Gasteiger partial charge in [0.15, 0.2) is 6.10 Å². The third kappa shape index (κ3) is 3.26. The van der Waals surface area contributed by atoms with Crippen molar-refractivity contribution in [3.05, 3.63) is 52.1 Å². The lowest BCUT2D eigenvalue weighted by atomic mass is 10.1. The summed E-state index contributed by atoms with van der Waals surface area (Å²) in [6, 6.07) is 6.26. The molecule has 29 heavy (non-hydrogen) atoms. The van der Waals surface area contributed by atoms with Crippen LogP contribution in [0.25, 0.3) is 0 Å². The number of carbonyl (C=O) groups is 1. The van der Waals surface area contributed by atoms with E-state index in [4.69, 9.17) is 14.6 Å². The van der Waals surface area contributed by atoms with Gasteiger partial charge in [-0.25, -0.2) is 4.79 Å². The fourth-order valence-electron chi connectivity index (χ4n) is 3.36. The number of amides is 1. The molecule has 0 aliphatic carbocycles. The van der Waals surface area contributed by atoms with Crippen molar-refractivity contribution < 1.29 is 33.3 Å². The highest BCUT2D eigenvalue weighted by atomic mass is 19.3. The van der Waals surface area contributed by atoms with Crippen LogP contribution in [0.2, 0.25) is 0 Å². The SMILES string of the molecule is O=C(Nc1ccn(C2O[C@H](CO)[C@@H](O)C2(F)F)c(=O)n1)c1cccc2c1OCC2. The summed E-state index contributed by atoms with van der Waals surface area (Å²) in [5.74, 6) is -4.06. The predicted molar refractivity (Wildman–Crippen MR) is 94.0 cm³/mol. The Morgan fingerprint density at radius 3 is 2.86 bits per heavy atom. The molecular formula is C18H17F2N3O6. The van der Waals surface area contributed by atoms with Crippen LogP contribution in [-0.2, 0) is 11.2 Å². The number of aliphatic hydroxyl groups excluding tert-OH is 2. The van der Waals surface area contributed by atoms with E-state index in [1.807, 2.05) is 6.07 Å². The van der Waals surface area contributed by atoms with Crippen molar-refractivity contribution >= 4 is 11.7 Å². The van der Waals surface area contributed by atoms with E-state index in [2.05, 4.69) is 10.3 Å². The van der Waals surface area contributed by atoms with E-state index < -0.39 is 42.6 Å². The Morgan fingerprint density at radius 1 is 1.38 bits per heavy atom. The third-order valence-electron chi connectivity index (χ3n) is 4.84. The fourth-order valence-corrected chi connectivity index (χ4v) is 3.36. The first kappa shape index (κ1) is 19.4. The number of fused-ring (bicyclic) bond motifs is 1. The van der Waals surface area contributed by atoms with E-state index in [-0.39, 0.29) is 11.4 Å². The Labute approximate surface area is 162 Å². The summed E-state index contributed by atoms with van der Waals surface area (Å²) >= 11 is 0. The molecule has 1 unspecified atom stereocenters. The molecule has 3 atom stereocenters. The lowest BCUT2D eigenvalue weighted by Gasteiger charge is -2.21. The number of ether oxygens (including phenoxy) is 2. The molecule has 0 saturated carbocycles. The molecule has 9 nitrogen and oxygen atoms in total. The van der Waals surface area contributed by atoms with Gasteiger partial charge in [-0.3, -0.25) is 9.36 Å². The lowest BCUT2D eigenvalue weighted by Crippen LogP contribution is -2.41.